The third-order valence-corrected chi connectivity index (χ3v) is 8.06. The Balaban J connectivity index is 1.34. The Morgan fingerprint density at radius 3 is 2.58 bits per heavy atom. The van der Waals surface area contributed by atoms with Gasteiger partial charge in [0.25, 0.3) is 0 Å². The maximum absolute atomic E-state index is 15.0. The Bertz CT molecular complexity index is 1790. The zero-order valence-electron chi connectivity index (χ0n) is 20.4. The minimum absolute atomic E-state index is 0.0541. The number of benzene rings is 3. The number of aryl methyl sites for hydroxylation is 1. The van der Waals surface area contributed by atoms with E-state index in [1.54, 1.807) is 37.6 Å². The Morgan fingerprint density at radius 1 is 1.08 bits per heavy atom. The number of halogens is 2. The normalized spacial score (nSPS) is 18.7. The minimum Gasteiger partial charge on any atom is -0.507 e. The summed E-state index contributed by atoms with van der Waals surface area (Å²) in [6.45, 7) is 1.82. The molecule has 0 aliphatic carbocycles. The number of fused-ring (bicyclic) bond motifs is 3. The molecular weight excluding hydrogens is 507 g/mol. The van der Waals surface area contributed by atoms with Crippen molar-refractivity contribution in [1.82, 2.24) is 24.6 Å². The lowest BCUT2D eigenvalue weighted by atomic mass is 9.95. The van der Waals surface area contributed by atoms with Gasteiger partial charge in [-0.25, -0.2) is 9.18 Å². The molecule has 4 heterocycles. The van der Waals surface area contributed by atoms with E-state index in [2.05, 4.69) is 20.4 Å². The highest BCUT2D eigenvalue weighted by molar-refractivity contribution is 6.32. The maximum Gasteiger partial charge on any atom is 0.332 e. The fourth-order valence-electron chi connectivity index (χ4n) is 5.84. The molecule has 10 heteroatoms. The van der Waals surface area contributed by atoms with Crippen molar-refractivity contribution in [2.75, 3.05) is 18.0 Å². The summed E-state index contributed by atoms with van der Waals surface area (Å²) in [4.78, 5) is 14.8. The Morgan fingerprint density at radius 2 is 1.89 bits per heavy atom. The lowest BCUT2D eigenvalue weighted by Crippen LogP contribution is -2.43. The summed E-state index contributed by atoms with van der Waals surface area (Å²) in [5.74, 6) is -0.538. The van der Waals surface area contributed by atoms with Gasteiger partial charge in [-0.15, -0.1) is 0 Å². The quantitative estimate of drug-likeness (QED) is 0.320. The topological polar surface area (TPSA) is 91.1 Å². The summed E-state index contributed by atoms with van der Waals surface area (Å²) >= 11 is 6.56. The first-order valence-electron chi connectivity index (χ1n) is 12.4. The fourth-order valence-corrected chi connectivity index (χ4v) is 6.11. The third-order valence-electron chi connectivity index (χ3n) is 7.75. The molecule has 2 aromatic heterocycles. The molecule has 38 heavy (non-hydrogen) atoms. The van der Waals surface area contributed by atoms with Crippen LogP contribution in [0.25, 0.3) is 38.8 Å². The summed E-state index contributed by atoms with van der Waals surface area (Å²) in [6.07, 6.45) is 6.18. The number of piperazine rings is 1. The van der Waals surface area contributed by atoms with Crippen molar-refractivity contribution in [3.05, 3.63) is 82.4 Å². The lowest BCUT2D eigenvalue weighted by Gasteiger charge is -2.30. The number of H-pyrrole nitrogens is 1. The van der Waals surface area contributed by atoms with E-state index >= 15 is 4.39 Å². The molecule has 2 bridgehead atoms. The number of hydrogen-bond donors (Lipinski definition) is 3. The fraction of sp³-hybridized carbons (Fsp3) is 0.214. The van der Waals surface area contributed by atoms with Crippen LogP contribution in [0.5, 0.6) is 5.75 Å². The molecule has 0 spiro atoms. The van der Waals surface area contributed by atoms with Gasteiger partial charge in [0.05, 0.1) is 22.4 Å². The van der Waals surface area contributed by atoms with Gasteiger partial charge in [0.2, 0.25) is 0 Å². The number of nitrogens with one attached hydrogen (secondary N) is 2. The molecule has 2 aliphatic heterocycles. The number of phenols is 1. The molecule has 0 amide bonds. The number of aromatic nitrogens is 4. The van der Waals surface area contributed by atoms with Crippen LogP contribution >= 0.6 is 11.6 Å². The van der Waals surface area contributed by atoms with Crippen LogP contribution in [-0.4, -0.2) is 49.6 Å². The predicted molar refractivity (Wildman–Crippen MR) is 146 cm³/mol. The minimum atomic E-state index is -0.483. The third kappa shape index (κ3) is 3.53. The number of phenolic OH excluding ortho intramolecular Hbond substituents is 1. The highest BCUT2D eigenvalue weighted by atomic mass is 35.5. The molecule has 3 aromatic carbocycles. The molecule has 2 fully saturated rings. The van der Waals surface area contributed by atoms with Crippen LogP contribution in [0.2, 0.25) is 5.02 Å². The van der Waals surface area contributed by atoms with Crippen molar-refractivity contribution >= 4 is 28.2 Å². The molecule has 3 N–H and O–H groups in total. The monoisotopic (exact) mass is 530 g/mol. The van der Waals surface area contributed by atoms with Crippen molar-refractivity contribution in [3.63, 3.8) is 0 Å². The SMILES string of the molecule is Cn1ccn(-c2ccc(-c3cc(F)cc(-c4cc(N5CC6CC5CN6)c5cn[nH]c5c4)c3O)cc2Cl)c1=O. The van der Waals surface area contributed by atoms with Gasteiger partial charge in [-0.2, -0.15) is 5.10 Å². The van der Waals surface area contributed by atoms with E-state index < -0.39 is 5.82 Å². The summed E-state index contributed by atoms with van der Waals surface area (Å²) in [6, 6.07) is 12.4. The second kappa shape index (κ2) is 8.47. The van der Waals surface area contributed by atoms with Crippen LogP contribution in [0.15, 0.2) is 65.8 Å². The van der Waals surface area contributed by atoms with Crippen LogP contribution < -0.4 is 15.9 Å². The first kappa shape index (κ1) is 23.1. The van der Waals surface area contributed by atoms with Crippen LogP contribution in [0.3, 0.4) is 0 Å². The number of hydrogen-bond acceptors (Lipinski definition) is 5. The molecule has 2 atom stereocenters. The van der Waals surface area contributed by atoms with Gasteiger partial charge in [0.15, 0.2) is 0 Å². The predicted octanol–water partition coefficient (Wildman–Crippen LogP) is 4.43. The molecule has 192 valence electrons. The van der Waals surface area contributed by atoms with Gasteiger partial charge in [-0.1, -0.05) is 17.7 Å². The second-order valence-electron chi connectivity index (χ2n) is 10.1. The Labute approximate surface area is 221 Å². The Kier molecular flexibility index (Phi) is 5.14. The van der Waals surface area contributed by atoms with E-state index in [-0.39, 0.29) is 11.4 Å². The zero-order chi connectivity index (χ0) is 26.1. The number of aromatic amines is 1. The average Bonchev–Trinajstić information content (AvgIpc) is 3.71. The van der Waals surface area contributed by atoms with E-state index in [1.807, 2.05) is 18.3 Å². The number of aromatic hydroxyl groups is 1. The number of rotatable bonds is 4. The largest absolute Gasteiger partial charge is 0.507 e. The standard InChI is InChI=1S/C28H24ClFN6O2/c1-34-4-5-35(28(34)38)25-3-2-15(6-23(25)29)20-9-17(30)10-21(27(20)37)16-7-24-22(13-32-33-24)26(8-16)36-14-18-11-19(36)12-31-18/h2-10,13,18-19,31,37H,11-12,14H2,1H3,(H,32,33). The summed E-state index contributed by atoms with van der Waals surface area (Å²) in [7, 11) is 1.66. The van der Waals surface area contributed by atoms with Gasteiger partial charge in [0, 0.05) is 66.8 Å². The van der Waals surface area contributed by atoms with Crippen molar-refractivity contribution in [3.8, 4) is 33.7 Å². The van der Waals surface area contributed by atoms with Gasteiger partial charge in [0.1, 0.15) is 11.6 Å². The lowest BCUT2D eigenvalue weighted by molar-refractivity contribution is 0.477. The zero-order valence-corrected chi connectivity index (χ0v) is 21.2. The molecule has 2 unspecified atom stereocenters. The number of anilines is 1. The first-order chi connectivity index (χ1) is 18.4. The summed E-state index contributed by atoms with van der Waals surface area (Å²) in [5.41, 5.74) is 4.01. The van der Waals surface area contributed by atoms with Crippen molar-refractivity contribution in [2.45, 2.75) is 18.5 Å². The molecule has 5 aromatic rings. The molecular formula is C28H24ClFN6O2. The van der Waals surface area contributed by atoms with Gasteiger partial charge < -0.3 is 19.9 Å². The van der Waals surface area contributed by atoms with E-state index in [1.165, 1.54) is 21.3 Å². The molecule has 8 nitrogen and oxygen atoms in total. The van der Waals surface area contributed by atoms with Crippen LogP contribution in [0, 0.1) is 5.82 Å². The van der Waals surface area contributed by atoms with E-state index in [0.29, 0.717) is 45.0 Å². The van der Waals surface area contributed by atoms with Crippen molar-refractivity contribution in [2.24, 2.45) is 7.05 Å². The van der Waals surface area contributed by atoms with Crippen molar-refractivity contribution < 1.29 is 9.50 Å². The van der Waals surface area contributed by atoms with E-state index in [9.17, 15) is 9.90 Å². The van der Waals surface area contributed by atoms with Crippen LogP contribution in [0.1, 0.15) is 6.42 Å². The summed E-state index contributed by atoms with van der Waals surface area (Å²) in [5, 5.41) is 23.5. The highest BCUT2D eigenvalue weighted by Gasteiger charge is 2.38. The summed E-state index contributed by atoms with van der Waals surface area (Å²) < 4.78 is 17.9. The Hall–Kier alpha value is -4.08. The van der Waals surface area contributed by atoms with E-state index in [0.717, 1.165) is 36.1 Å². The van der Waals surface area contributed by atoms with Gasteiger partial charge in [-0.3, -0.25) is 9.67 Å². The second-order valence-corrected chi connectivity index (χ2v) is 10.5. The highest BCUT2D eigenvalue weighted by Crippen LogP contribution is 2.43. The molecule has 2 saturated heterocycles. The van der Waals surface area contributed by atoms with E-state index in [4.69, 9.17) is 11.6 Å². The molecule has 7 rings (SSSR count). The molecule has 0 saturated carbocycles. The van der Waals surface area contributed by atoms with Crippen LogP contribution in [0.4, 0.5) is 10.1 Å². The number of nitrogens with zero attached hydrogens (tertiary/aromatic N) is 4. The van der Waals surface area contributed by atoms with Gasteiger partial charge in [-0.05, 0) is 53.9 Å². The number of imidazole rings is 1. The smallest absolute Gasteiger partial charge is 0.332 e. The first-order valence-corrected chi connectivity index (χ1v) is 12.8. The van der Waals surface area contributed by atoms with Crippen molar-refractivity contribution in [1.29, 1.82) is 0 Å². The maximum atomic E-state index is 15.0. The van der Waals surface area contributed by atoms with Gasteiger partial charge >= 0.3 is 5.69 Å². The molecule has 2 aliphatic rings. The molecule has 0 radical (unpaired) electrons. The average molecular weight is 531 g/mol. The van der Waals surface area contributed by atoms with Crippen LogP contribution in [-0.2, 0) is 7.05 Å².